The monoisotopic (exact) mass is 1540 g/mol. The predicted molar refractivity (Wildman–Crippen MR) is 334 cm³/mol. The van der Waals surface area contributed by atoms with E-state index in [2.05, 4.69) is 4.52 Å². The van der Waals surface area contributed by atoms with E-state index in [0.717, 1.165) is 24.3 Å². The van der Waals surface area contributed by atoms with Crippen LogP contribution in [-0.2, 0) is 105 Å². The van der Waals surface area contributed by atoms with Gasteiger partial charge < -0.3 is 18.1 Å². The summed E-state index contributed by atoms with van der Waals surface area (Å²) >= 11 is 0. The largest absolute Gasteiger partial charge is 0.569 e. The van der Waals surface area contributed by atoms with Crippen molar-refractivity contribution in [1.29, 1.82) is 0 Å². The Morgan fingerprint density at radius 2 is 0.448 bits per heavy atom. The molecule has 0 fully saturated rings. The first kappa shape index (κ1) is 73.6. The van der Waals surface area contributed by atoms with Crippen LogP contribution in [0.2, 0.25) is 0 Å². The third kappa shape index (κ3) is 13.9. The SMILES string of the molecule is O=P1(N=P2(O)Oc3c(-c4cc(C(F)(F)F)cc(C(F)(F)F)c4)cc4c(c3-c3c5c(cc(-c6cc(C(F)(F)F)cc(C(F)(F)F)c6)c3O2)CCCC5)CCCC4)Oc2c(-c3cc(C(F)(F)F)cc(C(F)(F)F)c3)cc3c(c2-c2c4c(cc(-c5cc(C(F)(F)F)cc(C(F)(F)F)c5)c2O1)CCCC4)CCCC3. The maximum Gasteiger partial charge on any atom is 0.569 e. The van der Waals surface area contributed by atoms with Crippen LogP contribution in [-0.4, -0.2) is 4.89 Å². The zero-order valence-electron chi connectivity index (χ0n) is 53.5. The molecular formula is C72H49F24NO6P2. The molecule has 8 aromatic carbocycles. The highest BCUT2D eigenvalue weighted by atomic mass is 31.2. The van der Waals surface area contributed by atoms with Gasteiger partial charge in [0.15, 0.2) is 0 Å². The van der Waals surface area contributed by atoms with E-state index < -0.39 is 199 Å². The molecule has 0 amide bonds. The highest BCUT2D eigenvalue weighted by Crippen LogP contribution is 2.72. The van der Waals surface area contributed by atoms with Crippen LogP contribution >= 0.6 is 15.5 Å². The van der Waals surface area contributed by atoms with E-state index >= 15 is 110 Å². The van der Waals surface area contributed by atoms with Gasteiger partial charge in [-0.05, 0) is 267 Å². The molecule has 6 aliphatic rings. The number of aryl methyl sites for hydroxylation is 4. The molecule has 0 aromatic heterocycles. The van der Waals surface area contributed by atoms with Gasteiger partial charge in [0.25, 0.3) is 0 Å². The number of fused-ring (bicyclic) bond motifs is 14. The second-order valence-corrected chi connectivity index (χ2v) is 29.8. The van der Waals surface area contributed by atoms with Crippen LogP contribution in [0.15, 0.2) is 102 Å². The lowest BCUT2D eigenvalue weighted by Crippen LogP contribution is -2.12. The summed E-state index contributed by atoms with van der Waals surface area (Å²) in [7, 11) is -13.2. The van der Waals surface area contributed by atoms with Crippen LogP contribution < -0.4 is 18.1 Å². The van der Waals surface area contributed by atoms with E-state index in [1.807, 2.05) is 0 Å². The van der Waals surface area contributed by atoms with Crippen molar-refractivity contribution in [2.45, 2.75) is 152 Å². The maximum atomic E-state index is 17.3. The fourth-order valence-corrected chi connectivity index (χ4v) is 18.5. The van der Waals surface area contributed by atoms with Crippen LogP contribution in [0, 0.1) is 0 Å². The van der Waals surface area contributed by atoms with E-state index in [0.29, 0.717) is 0 Å². The molecule has 7 nitrogen and oxygen atoms in total. The smallest absolute Gasteiger partial charge is 0.408 e. The first-order chi connectivity index (χ1) is 48.7. The molecule has 1 N–H and O–H groups in total. The number of rotatable bonds is 5. The molecule has 0 atom stereocenters. The summed E-state index contributed by atoms with van der Waals surface area (Å²) in [5.74, 6) is -4.16. The summed E-state index contributed by atoms with van der Waals surface area (Å²) in [6.45, 7) is 0. The van der Waals surface area contributed by atoms with Gasteiger partial charge in [0.1, 0.15) is 23.0 Å². The first-order valence-corrected chi connectivity index (χ1v) is 35.5. The maximum absolute atomic E-state index is 17.3. The van der Waals surface area contributed by atoms with Crippen molar-refractivity contribution in [2.24, 2.45) is 4.52 Å². The summed E-state index contributed by atoms with van der Waals surface area (Å²) in [4.78, 5) is 13.9. The minimum Gasteiger partial charge on any atom is -0.408 e. The summed E-state index contributed by atoms with van der Waals surface area (Å²) in [5, 5.41) is 0. The molecule has 0 unspecified atom stereocenters. The predicted octanol–water partition coefficient (Wildman–Crippen LogP) is 25.6. The zero-order chi connectivity index (χ0) is 75.6. The lowest BCUT2D eigenvalue weighted by atomic mass is 9.77. The lowest BCUT2D eigenvalue weighted by molar-refractivity contribution is -0.144. The van der Waals surface area contributed by atoms with Crippen molar-refractivity contribution in [1.82, 2.24) is 0 Å². The Morgan fingerprint density at radius 1 is 0.267 bits per heavy atom. The van der Waals surface area contributed by atoms with E-state index in [-0.39, 0.29) is 220 Å². The fraction of sp³-hybridized carbons (Fsp3) is 0.333. The lowest BCUT2D eigenvalue weighted by Gasteiger charge is -2.28. The van der Waals surface area contributed by atoms with E-state index in [9.17, 15) is 4.89 Å². The van der Waals surface area contributed by atoms with Crippen LogP contribution in [0.25, 0.3) is 66.8 Å². The third-order valence-corrected chi connectivity index (χ3v) is 23.0. The molecule has 14 rings (SSSR count). The summed E-state index contributed by atoms with van der Waals surface area (Å²) < 4.78 is 409. The highest BCUT2D eigenvalue weighted by molar-refractivity contribution is 7.64. The topological polar surface area (TPSA) is 86.6 Å². The average Bonchev–Trinajstić information content (AvgIpc) is 1.60. The molecule has 2 heterocycles. The summed E-state index contributed by atoms with van der Waals surface area (Å²) in [6, 6.07) is 4.98. The standard InChI is InChI=1S/C72H49F24NO6P2/c73-65(74,75)41-17-37(18-42(29-41)66(76,77)78)53-25-33-9-1-5-13-49(33)57-58-50-14-6-2-10-34(50)26-54(38-19-43(67(79,80)81)30-44(20-38)68(82,83)84)62(58)101-104(98,100-61(53)57)97-105(99)102-63-55(39-21-45(69(85,86)87)31-46(22-39)70(88,89)90)27-35-11-3-7-15-51(35)59(63)60-52-16-8-4-12-36(52)28-56(64(60)103-105)40-23-47(71(91,92)93)32-48(24-40)72(94,95)96/h17-32,98H,1-16H2. The van der Waals surface area contributed by atoms with E-state index in [1.54, 1.807) is 0 Å². The molecule has 0 radical (unpaired) electrons. The normalized spacial score (nSPS) is 17.3. The van der Waals surface area contributed by atoms with Gasteiger partial charge in [-0.1, -0.05) is 4.52 Å². The minimum atomic E-state index is -6.69. The van der Waals surface area contributed by atoms with Crippen LogP contribution in [0.5, 0.6) is 23.0 Å². The van der Waals surface area contributed by atoms with Gasteiger partial charge in [0.05, 0.1) is 44.5 Å². The quantitative estimate of drug-likeness (QED) is 0.136. The van der Waals surface area contributed by atoms with Crippen LogP contribution in [0.3, 0.4) is 0 Å². The third-order valence-electron chi connectivity index (χ3n) is 19.6. The Morgan fingerprint density at radius 3 is 0.638 bits per heavy atom. The van der Waals surface area contributed by atoms with Gasteiger partial charge in [-0.3, -0.25) is 4.89 Å². The number of hydrogen-bond donors (Lipinski definition) is 1. The molecule has 8 aromatic rings. The molecule has 105 heavy (non-hydrogen) atoms. The van der Waals surface area contributed by atoms with Crippen molar-refractivity contribution in [3.8, 4) is 89.8 Å². The minimum absolute atomic E-state index is 0.0500. The van der Waals surface area contributed by atoms with Gasteiger partial charge in [-0.2, -0.15) is 105 Å². The Hall–Kier alpha value is -8.30. The van der Waals surface area contributed by atoms with Crippen molar-refractivity contribution in [3.05, 3.63) is 186 Å². The van der Waals surface area contributed by atoms with Crippen molar-refractivity contribution < 1.29 is 133 Å². The average molecular weight is 1540 g/mol. The number of nitrogens with zero attached hydrogens (tertiary/aromatic N) is 1. The zero-order valence-corrected chi connectivity index (χ0v) is 55.2. The second kappa shape index (κ2) is 25.2. The Balaban J connectivity index is 1.16. The number of halogens is 24. The second-order valence-electron chi connectivity index (χ2n) is 26.5. The molecule has 556 valence electrons. The molecular weight excluding hydrogens is 1490 g/mol. The first-order valence-electron chi connectivity index (χ1n) is 32.4. The van der Waals surface area contributed by atoms with Gasteiger partial charge in [0.2, 0.25) is 0 Å². The molecule has 0 saturated heterocycles. The van der Waals surface area contributed by atoms with Gasteiger partial charge in [0, 0.05) is 44.5 Å². The molecule has 0 bridgehead atoms. The Bertz CT molecular complexity index is 4630. The molecule has 0 spiro atoms. The Kier molecular flexibility index (Phi) is 17.6. The molecule has 33 heteroatoms. The fourth-order valence-electron chi connectivity index (χ4n) is 15.0. The molecule has 2 aliphatic heterocycles. The van der Waals surface area contributed by atoms with Crippen LogP contribution in [0.4, 0.5) is 105 Å². The molecule has 0 saturated carbocycles. The van der Waals surface area contributed by atoms with Crippen molar-refractivity contribution >= 4 is 15.5 Å². The highest BCUT2D eigenvalue weighted by Gasteiger charge is 2.50. The van der Waals surface area contributed by atoms with Crippen LogP contribution in [0.1, 0.15) is 140 Å². The number of benzene rings is 8. The van der Waals surface area contributed by atoms with E-state index in [1.165, 1.54) is 0 Å². The number of alkyl halides is 24. The van der Waals surface area contributed by atoms with E-state index in [4.69, 9.17) is 18.1 Å². The summed E-state index contributed by atoms with van der Waals surface area (Å²) in [6.07, 6.45) is -43.7. The van der Waals surface area contributed by atoms with Gasteiger partial charge in [-0.15, -0.1) is 0 Å². The molecule has 4 aliphatic carbocycles. The van der Waals surface area contributed by atoms with Gasteiger partial charge in [-0.25, -0.2) is 4.57 Å². The summed E-state index contributed by atoms with van der Waals surface area (Å²) in [5.41, 5.74) is -23.9. The van der Waals surface area contributed by atoms with Crippen molar-refractivity contribution in [3.63, 3.8) is 0 Å². The number of hydrogen-bond acceptors (Lipinski definition) is 5. The van der Waals surface area contributed by atoms with Gasteiger partial charge >= 0.3 is 64.9 Å². The Labute approximate surface area is 579 Å². The van der Waals surface area contributed by atoms with Crippen molar-refractivity contribution in [2.75, 3.05) is 0 Å².